The molecule has 114 valence electrons. The zero-order chi connectivity index (χ0) is 17.1. The minimum atomic E-state index is 0.264. The van der Waals surface area contributed by atoms with Crippen molar-refractivity contribution in [2.45, 2.75) is 0 Å². The van der Waals surface area contributed by atoms with Gasteiger partial charge in [-0.15, -0.1) is 0 Å². The van der Waals surface area contributed by atoms with Gasteiger partial charge in [-0.25, -0.2) is 4.99 Å². The molecule has 4 aromatic rings. The predicted molar refractivity (Wildman–Crippen MR) is 99.9 cm³/mol. The summed E-state index contributed by atoms with van der Waals surface area (Å²) in [4.78, 5) is 8.94. The van der Waals surface area contributed by atoms with Crippen molar-refractivity contribution in [2.24, 2.45) is 4.99 Å². The number of pyridine rings is 1. The molecular weight excluding hydrogens is 292 g/mol. The normalized spacial score (nSPS) is 11.1. The van der Waals surface area contributed by atoms with E-state index in [9.17, 15) is 0 Å². The number of benzene rings is 3. The molecule has 0 saturated heterocycles. The summed E-state index contributed by atoms with van der Waals surface area (Å²) in [6.07, 6.45) is 1.99. The first-order valence-electron chi connectivity index (χ1n) is 8.35. The van der Waals surface area contributed by atoms with Crippen LogP contribution in [-0.4, -0.2) is 10.7 Å². The van der Waals surface area contributed by atoms with E-state index >= 15 is 0 Å². The van der Waals surface area contributed by atoms with E-state index in [1.807, 2.05) is 54.6 Å². The molecule has 0 N–H and O–H groups in total. The quantitative estimate of drug-likeness (QED) is 0.465. The highest BCUT2D eigenvalue weighted by Crippen LogP contribution is 2.23. The van der Waals surface area contributed by atoms with Crippen LogP contribution in [0.5, 0.6) is 0 Å². The molecule has 2 heteroatoms. The molecular formula is C22H16N2. The Balaban J connectivity index is 1.87. The van der Waals surface area contributed by atoms with E-state index in [2.05, 4.69) is 29.2 Å². The first-order chi connectivity index (χ1) is 12.3. The van der Waals surface area contributed by atoms with Crippen molar-refractivity contribution >= 4 is 22.2 Å². The second kappa shape index (κ2) is 6.47. The third kappa shape index (κ3) is 2.95. The van der Waals surface area contributed by atoms with E-state index in [0.717, 1.165) is 33.3 Å². The molecule has 0 radical (unpaired) electrons. The van der Waals surface area contributed by atoms with Gasteiger partial charge in [-0.3, -0.25) is 4.98 Å². The second-order valence-corrected chi connectivity index (χ2v) is 5.54. The molecule has 0 aliphatic heterocycles. The van der Waals surface area contributed by atoms with Gasteiger partial charge in [0.15, 0.2) is 0 Å². The predicted octanol–water partition coefficient (Wildman–Crippen LogP) is 5.40. The molecule has 4 rings (SSSR count). The lowest BCUT2D eigenvalue weighted by Gasteiger charge is -2.08. The average Bonchev–Trinajstić information content (AvgIpc) is 2.67. The molecule has 0 aliphatic rings. The molecule has 0 aliphatic carbocycles. The third-order valence-corrected chi connectivity index (χ3v) is 3.90. The van der Waals surface area contributed by atoms with Crippen molar-refractivity contribution in [2.75, 3.05) is 0 Å². The van der Waals surface area contributed by atoms with Crippen LogP contribution in [0.4, 0.5) is 5.69 Å². The standard InChI is InChI=1S/C22H16N2/c1-3-7-17(8-4-1)22(18-9-5-2-6-10-18)24-21-12-11-20-16-23-14-13-19(20)15-21/h1-16H/i14D. The molecule has 0 spiro atoms. The maximum absolute atomic E-state index is 7.71. The van der Waals surface area contributed by atoms with Crippen molar-refractivity contribution in [3.63, 3.8) is 0 Å². The number of aromatic nitrogens is 1. The molecule has 2 nitrogen and oxygen atoms in total. The Morgan fingerprint density at radius 3 is 2.08 bits per heavy atom. The molecule has 1 aromatic heterocycles. The highest BCUT2D eigenvalue weighted by Gasteiger charge is 2.07. The molecule has 0 saturated carbocycles. The van der Waals surface area contributed by atoms with Gasteiger partial charge in [-0.1, -0.05) is 66.7 Å². The summed E-state index contributed by atoms with van der Waals surface area (Å²) >= 11 is 0. The number of fused-ring (bicyclic) bond motifs is 1. The van der Waals surface area contributed by atoms with Crippen LogP contribution >= 0.6 is 0 Å². The topological polar surface area (TPSA) is 25.2 Å². The highest BCUT2D eigenvalue weighted by atomic mass is 14.7. The summed E-state index contributed by atoms with van der Waals surface area (Å²) in [7, 11) is 0. The van der Waals surface area contributed by atoms with Gasteiger partial charge in [-0.05, 0) is 23.6 Å². The number of hydrogen-bond acceptors (Lipinski definition) is 2. The van der Waals surface area contributed by atoms with E-state index in [1.165, 1.54) is 0 Å². The lowest BCUT2D eigenvalue weighted by molar-refractivity contribution is 1.36. The maximum Gasteiger partial charge on any atom is 0.0840 e. The van der Waals surface area contributed by atoms with Gasteiger partial charge < -0.3 is 0 Å². The van der Waals surface area contributed by atoms with Crippen LogP contribution in [0.3, 0.4) is 0 Å². The Morgan fingerprint density at radius 2 is 1.42 bits per heavy atom. The second-order valence-electron chi connectivity index (χ2n) is 5.54. The molecule has 0 amide bonds. The zero-order valence-electron chi connectivity index (χ0n) is 14.1. The minimum Gasteiger partial charge on any atom is -0.264 e. The monoisotopic (exact) mass is 309 g/mol. The summed E-state index contributed by atoms with van der Waals surface area (Å²) in [6, 6.07) is 28.1. The molecule has 1 heterocycles. The van der Waals surface area contributed by atoms with E-state index in [4.69, 9.17) is 6.36 Å². The SMILES string of the molecule is [2H]c1cc2cc(N=C(c3ccccc3)c3ccccc3)ccc2cn1. The fourth-order valence-electron chi connectivity index (χ4n) is 2.70. The van der Waals surface area contributed by atoms with Gasteiger partial charge in [-0.2, -0.15) is 0 Å². The molecule has 0 atom stereocenters. The van der Waals surface area contributed by atoms with Gasteiger partial charge in [0, 0.05) is 28.9 Å². The number of rotatable bonds is 3. The minimum absolute atomic E-state index is 0.264. The number of hydrogen-bond donors (Lipinski definition) is 0. The van der Waals surface area contributed by atoms with Gasteiger partial charge in [0.2, 0.25) is 0 Å². The van der Waals surface area contributed by atoms with Crippen LogP contribution in [0.25, 0.3) is 10.8 Å². The Morgan fingerprint density at radius 1 is 0.750 bits per heavy atom. The Labute approximate surface area is 142 Å². The molecule has 3 aromatic carbocycles. The molecule has 0 fully saturated rings. The van der Waals surface area contributed by atoms with Gasteiger partial charge >= 0.3 is 0 Å². The largest absolute Gasteiger partial charge is 0.264 e. The van der Waals surface area contributed by atoms with Crippen molar-refractivity contribution < 1.29 is 1.37 Å². The third-order valence-electron chi connectivity index (χ3n) is 3.90. The Bertz CT molecular complexity index is 1000. The zero-order valence-corrected chi connectivity index (χ0v) is 13.1. The van der Waals surface area contributed by atoms with E-state index < -0.39 is 0 Å². The van der Waals surface area contributed by atoms with Crippen molar-refractivity contribution in [3.8, 4) is 0 Å². The average molecular weight is 309 g/mol. The fraction of sp³-hybridized carbons (Fsp3) is 0. The summed E-state index contributed by atoms with van der Waals surface area (Å²) in [6.45, 7) is 0. The first-order valence-corrected chi connectivity index (χ1v) is 7.85. The lowest BCUT2D eigenvalue weighted by Crippen LogP contribution is -2.02. The van der Waals surface area contributed by atoms with Crippen molar-refractivity contribution in [3.05, 3.63) is 108 Å². The molecule has 24 heavy (non-hydrogen) atoms. The smallest absolute Gasteiger partial charge is 0.0840 e. The molecule has 0 unspecified atom stereocenters. The van der Waals surface area contributed by atoms with Gasteiger partial charge in [0.05, 0.1) is 12.8 Å². The van der Waals surface area contributed by atoms with Crippen LogP contribution in [0, 0.1) is 0 Å². The van der Waals surface area contributed by atoms with Crippen LogP contribution in [0.2, 0.25) is 0 Å². The van der Waals surface area contributed by atoms with Crippen molar-refractivity contribution in [1.82, 2.24) is 4.98 Å². The maximum atomic E-state index is 7.71. The highest BCUT2D eigenvalue weighted by molar-refractivity contribution is 6.14. The van der Waals surface area contributed by atoms with Gasteiger partial charge in [0.25, 0.3) is 0 Å². The Kier molecular flexibility index (Phi) is 3.56. The first kappa shape index (κ1) is 13.2. The van der Waals surface area contributed by atoms with Crippen molar-refractivity contribution in [1.29, 1.82) is 0 Å². The van der Waals surface area contributed by atoms with E-state index in [-0.39, 0.29) is 6.17 Å². The summed E-state index contributed by atoms with van der Waals surface area (Å²) in [5.41, 5.74) is 3.94. The van der Waals surface area contributed by atoms with Crippen LogP contribution < -0.4 is 0 Å². The van der Waals surface area contributed by atoms with Crippen LogP contribution in [-0.2, 0) is 0 Å². The Hall–Kier alpha value is -3.26. The fourth-order valence-corrected chi connectivity index (χ4v) is 2.70. The number of nitrogens with zero attached hydrogens (tertiary/aromatic N) is 2. The van der Waals surface area contributed by atoms with E-state index in [0.29, 0.717) is 0 Å². The summed E-state index contributed by atoms with van der Waals surface area (Å²) < 4.78 is 7.71. The molecule has 0 bridgehead atoms. The lowest BCUT2D eigenvalue weighted by atomic mass is 10.0. The van der Waals surface area contributed by atoms with Crippen LogP contribution in [0.15, 0.2) is 102 Å². The van der Waals surface area contributed by atoms with Crippen LogP contribution in [0.1, 0.15) is 12.5 Å². The summed E-state index contributed by atoms with van der Waals surface area (Å²) in [5, 5.41) is 1.98. The van der Waals surface area contributed by atoms with E-state index in [1.54, 1.807) is 12.3 Å². The summed E-state index contributed by atoms with van der Waals surface area (Å²) in [5.74, 6) is 0. The van der Waals surface area contributed by atoms with Gasteiger partial charge in [0.1, 0.15) is 0 Å². The number of aliphatic imine (C=N–C) groups is 1.